The van der Waals surface area contributed by atoms with Gasteiger partial charge in [-0.25, -0.2) is 0 Å². The van der Waals surface area contributed by atoms with Gasteiger partial charge in [0.05, 0.1) is 22.2 Å². The average molecular weight is 483 g/mol. The van der Waals surface area contributed by atoms with E-state index < -0.39 is 21.3 Å². The van der Waals surface area contributed by atoms with Crippen molar-refractivity contribution in [2.24, 2.45) is 10.3 Å². The molecule has 1 aliphatic heterocycles. The van der Waals surface area contributed by atoms with Crippen molar-refractivity contribution in [2.45, 2.75) is 31.7 Å². The van der Waals surface area contributed by atoms with Crippen LogP contribution in [0.2, 0.25) is 0 Å². The van der Waals surface area contributed by atoms with E-state index >= 15 is 0 Å². The molecule has 2 aromatic carbocycles. The summed E-state index contributed by atoms with van der Waals surface area (Å²) in [6.45, 7) is 4.36. The molecule has 1 aliphatic rings. The minimum atomic E-state index is -4.11. The zero-order valence-electron chi connectivity index (χ0n) is 19.4. The highest BCUT2D eigenvalue weighted by atomic mass is 32.2. The topological polar surface area (TPSA) is 121 Å². The summed E-state index contributed by atoms with van der Waals surface area (Å²) in [5, 5.41) is 14.4. The van der Waals surface area contributed by atoms with Crippen LogP contribution in [0.15, 0.2) is 56.6 Å². The Morgan fingerprint density at radius 3 is 2.53 bits per heavy atom. The number of carbonyl (C=O) groups is 1. The smallest absolute Gasteiger partial charge is 0.286 e. The van der Waals surface area contributed by atoms with Crippen LogP contribution in [0, 0.1) is 5.92 Å². The maximum atomic E-state index is 13.6. The molecule has 0 spiro atoms. The monoisotopic (exact) mass is 482 g/mol. The molecule has 0 unspecified atom stereocenters. The maximum absolute atomic E-state index is 13.6. The zero-order chi connectivity index (χ0) is 24.8. The molecule has 178 valence electrons. The van der Waals surface area contributed by atoms with Crippen LogP contribution in [0.3, 0.4) is 0 Å². The van der Waals surface area contributed by atoms with E-state index in [1.54, 1.807) is 50.5 Å². The lowest BCUT2D eigenvalue weighted by Crippen LogP contribution is -2.33. The fourth-order valence-electron chi connectivity index (χ4n) is 3.95. The largest absolute Gasteiger partial charge is 0.506 e. The molecule has 1 aromatic heterocycles. The number of sulfonamides is 1. The molecule has 0 atom stereocenters. The van der Waals surface area contributed by atoms with Crippen LogP contribution < -0.4 is 10.9 Å². The van der Waals surface area contributed by atoms with E-state index in [1.807, 2.05) is 13.8 Å². The molecule has 0 saturated carbocycles. The van der Waals surface area contributed by atoms with Gasteiger partial charge in [0.25, 0.3) is 21.5 Å². The van der Waals surface area contributed by atoms with Crippen molar-refractivity contribution in [2.75, 3.05) is 19.4 Å². The van der Waals surface area contributed by atoms with Crippen molar-refractivity contribution < 1.29 is 18.3 Å². The quantitative estimate of drug-likeness (QED) is 0.577. The predicted molar refractivity (Wildman–Crippen MR) is 131 cm³/mol. The number of benzene rings is 2. The summed E-state index contributed by atoms with van der Waals surface area (Å²) in [7, 11) is -0.939. The second-order valence-corrected chi connectivity index (χ2v) is 10.4. The highest BCUT2D eigenvalue weighted by Gasteiger charge is 2.31. The van der Waals surface area contributed by atoms with E-state index in [4.69, 9.17) is 0 Å². The molecular weight excluding hydrogens is 456 g/mol. The number of hydrogen-bond acceptors (Lipinski definition) is 6. The first-order chi connectivity index (χ1) is 16.0. The van der Waals surface area contributed by atoms with Crippen molar-refractivity contribution in [1.29, 1.82) is 0 Å². The van der Waals surface area contributed by atoms with Gasteiger partial charge in [-0.15, -0.1) is 4.40 Å². The van der Waals surface area contributed by atoms with Gasteiger partial charge < -0.3 is 19.9 Å². The number of para-hydroxylation sites is 1. The number of hydrogen-bond donors (Lipinski definition) is 2. The number of anilines is 1. The maximum Gasteiger partial charge on any atom is 0.286 e. The normalized spacial score (nSPS) is 14.4. The van der Waals surface area contributed by atoms with Crippen molar-refractivity contribution in [3.05, 3.63) is 63.9 Å². The fourth-order valence-corrected chi connectivity index (χ4v) is 5.07. The minimum Gasteiger partial charge on any atom is -0.506 e. The SMILES string of the molecule is CC(C)CCn1c(=O)c(C2=NS(=O)(=O)c3ccccc3N2)c(O)c2c(C(=O)N(C)C)cccc21. The van der Waals surface area contributed by atoms with Crippen LogP contribution in [0.5, 0.6) is 5.75 Å². The van der Waals surface area contributed by atoms with Gasteiger partial charge in [-0.2, -0.15) is 8.42 Å². The molecule has 0 aliphatic carbocycles. The Labute approximate surface area is 197 Å². The molecule has 10 heteroatoms. The number of aryl methyl sites for hydroxylation is 1. The summed E-state index contributed by atoms with van der Waals surface area (Å²) in [5.41, 5.74) is -0.0643. The number of amides is 1. The third-order valence-electron chi connectivity index (χ3n) is 5.70. The fraction of sp³-hybridized carbons (Fsp3) is 0.292. The highest BCUT2D eigenvalue weighted by Crippen LogP contribution is 2.34. The summed E-state index contributed by atoms with van der Waals surface area (Å²) in [6, 6.07) is 11.1. The van der Waals surface area contributed by atoms with Gasteiger partial charge in [0.15, 0.2) is 5.84 Å². The molecule has 4 rings (SSSR count). The van der Waals surface area contributed by atoms with Crippen LogP contribution in [0.4, 0.5) is 5.69 Å². The second kappa shape index (κ2) is 8.60. The van der Waals surface area contributed by atoms with E-state index in [2.05, 4.69) is 9.71 Å². The lowest BCUT2D eigenvalue weighted by Gasteiger charge is -2.22. The van der Waals surface area contributed by atoms with E-state index in [0.29, 0.717) is 18.5 Å². The third kappa shape index (κ3) is 3.94. The van der Waals surface area contributed by atoms with E-state index in [0.717, 1.165) is 0 Å². The molecule has 1 amide bonds. The Morgan fingerprint density at radius 1 is 1.15 bits per heavy atom. The number of nitrogens with zero attached hydrogens (tertiary/aromatic N) is 3. The molecule has 9 nitrogen and oxygen atoms in total. The van der Waals surface area contributed by atoms with E-state index in [-0.39, 0.29) is 44.8 Å². The second-order valence-electron chi connectivity index (χ2n) is 8.80. The zero-order valence-corrected chi connectivity index (χ0v) is 20.2. The standard InChI is InChI=1S/C24H26N4O5S/c1-14(2)12-13-28-17-10-7-8-15(23(30)27(3)4)19(17)21(29)20(24(28)31)22-25-16-9-5-6-11-18(16)34(32,33)26-22/h5-11,14,29H,12-13H2,1-4H3,(H,25,26). The number of rotatable bonds is 5. The number of aromatic hydroxyl groups is 1. The summed E-state index contributed by atoms with van der Waals surface area (Å²) in [6.07, 6.45) is 0.659. The van der Waals surface area contributed by atoms with Gasteiger partial charge in [-0.1, -0.05) is 32.0 Å². The molecule has 0 saturated heterocycles. The predicted octanol–water partition coefficient (Wildman–Crippen LogP) is 3.02. The summed E-state index contributed by atoms with van der Waals surface area (Å²) >= 11 is 0. The molecule has 0 radical (unpaired) electrons. The van der Waals surface area contributed by atoms with Crippen molar-refractivity contribution >= 4 is 38.4 Å². The lowest BCUT2D eigenvalue weighted by atomic mass is 10.0. The van der Waals surface area contributed by atoms with Crippen LogP contribution in [0.25, 0.3) is 10.9 Å². The average Bonchev–Trinajstić information content (AvgIpc) is 2.77. The number of pyridine rings is 1. The lowest BCUT2D eigenvalue weighted by molar-refractivity contribution is 0.0829. The first kappa shape index (κ1) is 23.5. The van der Waals surface area contributed by atoms with Gasteiger partial charge in [0.1, 0.15) is 16.2 Å². The van der Waals surface area contributed by atoms with Crippen LogP contribution in [-0.4, -0.2) is 48.8 Å². The van der Waals surface area contributed by atoms with Crippen LogP contribution in [0.1, 0.15) is 36.2 Å². The Morgan fingerprint density at radius 2 is 1.85 bits per heavy atom. The van der Waals surface area contributed by atoms with E-state index in [1.165, 1.54) is 15.5 Å². The third-order valence-corrected chi connectivity index (χ3v) is 7.03. The van der Waals surface area contributed by atoms with Gasteiger partial charge in [-0.3, -0.25) is 9.59 Å². The Balaban J connectivity index is 2.07. The first-order valence-corrected chi connectivity index (χ1v) is 12.3. The minimum absolute atomic E-state index is 0.0253. The van der Waals surface area contributed by atoms with Crippen LogP contribution in [-0.2, 0) is 16.6 Å². The van der Waals surface area contributed by atoms with Crippen molar-refractivity contribution in [3.63, 3.8) is 0 Å². The van der Waals surface area contributed by atoms with Gasteiger partial charge in [-0.05, 0) is 36.6 Å². The number of carbonyl (C=O) groups excluding carboxylic acids is 1. The summed E-state index contributed by atoms with van der Waals surface area (Å²) in [4.78, 5) is 27.9. The summed E-state index contributed by atoms with van der Waals surface area (Å²) < 4.78 is 30.9. The molecule has 2 heterocycles. The van der Waals surface area contributed by atoms with Crippen LogP contribution >= 0.6 is 0 Å². The highest BCUT2D eigenvalue weighted by molar-refractivity contribution is 7.90. The van der Waals surface area contributed by atoms with Gasteiger partial charge in [0.2, 0.25) is 0 Å². The number of fused-ring (bicyclic) bond motifs is 2. The summed E-state index contributed by atoms with van der Waals surface area (Å²) in [5.74, 6) is -0.860. The number of nitrogens with one attached hydrogen (secondary N) is 1. The molecule has 34 heavy (non-hydrogen) atoms. The molecule has 0 fully saturated rings. The Bertz CT molecular complexity index is 1500. The van der Waals surface area contributed by atoms with Gasteiger partial charge in [0, 0.05) is 20.6 Å². The first-order valence-electron chi connectivity index (χ1n) is 10.8. The molecule has 3 aromatic rings. The molecule has 2 N–H and O–H groups in total. The van der Waals surface area contributed by atoms with E-state index in [9.17, 15) is 23.1 Å². The van der Waals surface area contributed by atoms with Crippen molar-refractivity contribution in [3.8, 4) is 5.75 Å². The Hall–Kier alpha value is -3.66. The van der Waals surface area contributed by atoms with Gasteiger partial charge >= 0.3 is 0 Å². The molecular formula is C24H26N4O5S. The number of aromatic nitrogens is 1. The van der Waals surface area contributed by atoms with Crippen molar-refractivity contribution in [1.82, 2.24) is 9.47 Å². The molecule has 0 bridgehead atoms. The Kier molecular flexibility index (Phi) is 5.94. The number of amidine groups is 1.